The predicted molar refractivity (Wildman–Crippen MR) is 121 cm³/mol. The normalized spacial score (nSPS) is 13.6. The van der Waals surface area contributed by atoms with Crippen molar-refractivity contribution in [3.05, 3.63) is 108 Å². The van der Waals surface area contributed by atoms with Gasteiger partial charge in [-0.05, 0) is 49.6 Å². The molecule has 0 radical (unpaired) electrons. The van der Waals surface area contributed by atoms with E-state index in [2.05, 4.69) is 0 Å². The molecule has 3 rings (SSSR count). The molecular weight excluding hydrogens is 388 g/mol. The molecule has 3 unspecified atom stereocenters. The van der Waals surface area contributed by atoms with Gasteiger partial charge < -0.3 is 9.47 Å². The Morgan fingerprint density at radius 1 is 0.710 bits per heavy atom. The highest BCUT2D eigenvalue weighted by molar-refractivity contribution is 5.90. The summed E-state index contributed by atoms with van der Waals surface area (Å²) in [6.45, 7) is 3.85. The Hall–Kier alpha value is -3.40. The molecule has 4 nitrogen and oxygen atoms in total. The minimum absolute atomic E-state index is 0.187. The Bertz CT molecular complexity index is 954. The Morgan fingerprint density at radius 3 is 1.65 bits per heavy atom. The first kappa shape index (κ1) is 22.3. The van der Waals surface area contributed by atoms with Gasteiger partial charge in [0.25, 0.3) is 0 Å². The number of rotatable bonds is 9. The van der Waals surface area contributed by atoms with E-state index in [9.17, 15) is 9.59 Å². The molecule has 31 heavy (non-hydrogen) atoms. The highest BCUT2D eigenvalue weighted by Gasteiger charge is 2.32. The quantitative estimate of drug-likeness (QED) is 0.418. The molecule has 0 saturated heterocycles. The third-order valence-electron chi connectivity index (χ3n) is 5.37. The molecule has 0 spiro atoms. The molecule has 0 aliphatic rings. The number of benzene rings is 3. The molecule has 0 aliphatic heterocycles. The number of hydrogen-bond donors (Lipinski definition) is 0. The van der Waals surface area contributed by atoms with E-state index in [0.29, 0.717) is 24.0 Å². The van der Waals surface area contributed by atoms with Gasteiger partial charge in [-0.1, -0.05) is 73.7 Å². The van der Waals surface area contributed by atoms with Gasteiger partial charge in [-0.25, -0.2) is 9.59 Å². The zero-order valence-corrected chi connectivity index (χ0v) is 17.9. The lowest BCUT2D eigenvalue weighted by molar-refractivity contribution is -0.0288. The van der Waals surface area contributed by atoms with Crippen molar-refractivity contribution in [2.24, 2.45) is 5.92 Å². The van der Waals surface area contributed by atoms with Crippen molar-refractivity contribution in [1.29, 1.82) is 0 Å². The molecule has 160 valence electrons. The molecule has 3 aromatic carbocycles. The predicted octanol–water partition coefficient (Wildman–Crippen LogP) is 5.73. The standard InChI is InChI=1S/C27H28O4/c1-3-25(31-27(29)23-17-11-6-12-18-23)24(19-21-13-7-4-8-14-21)20(2)30-26(28)22-15-9-5-10-16-22/h4-18,20,24-25H,3,19H2,1-2H3. The number of carbonyl (C=O) groups excluding carboxylic acids is 2. The van der Waals surface area contributed by atoms with Gasteiger partial charge >= 0.3 is 11.9 Å². The zero-order chi connectivity index (χ0) is 22.1. The molecule has 0 bridgehead atoms. The number of hydrogen-bond acceptors (Lipinski definition) is 4. The molecule has 0 aromatic heterocycles. The summed E-state index contributed by atoms with van der Waals surface area (Å²) in [5.74, 6) is -0.935. The van der Waals surface area contributed by atoms with Crippen LogP contribution in [0.1, 0.15) is 46.5 Å². The van der Waals surface area contributed by atoms with E-state index >= 15 is 0 Å². The smallest absolute Gasteiger partial charge is 0.338 e. The van der Waals surface area contributed by atoms with Crippen molar-refractivity contribution >= 4 is 11.9 Å². The molecule has 0 aliphatic carbocycles. The third-order valence-corrected chi connectivity index (χ3v) is 5.37. The Morgan fingerprint density at radius 2 is 1.16 bits per heavy atom. The fourth-order valence-corrected chi connectivity index (χ4v) is 3.64. The van der Waals surface area contributed by atoms with Crippen LogP contribution in [0.4, 0.5) is 0 Å². The van der Waals surface area contributed by atoms with E-state index in [4.69, 9.17) is 9.47 Å². The molecule has 0 N–H and O–H groups in total. The first-order valence-corrected chi connectivity index (χ1v) is 10.6. The largest absolute Gasteiger partial charge is 0.459 e. The van der Waals surface area contributed by atoms with E-state index in [1.165, 1.54) is 0 Å². The van der Waals surface area contributed by atoms with Gasteiger partial charge in [0.15, 0.2) is 0 Å². The summed E-state index contributed by atoms with van der Waals surface area (Å²) in [5, 5.41) is 0. The summed E-state index contributed by atoms with van der Waals surface area (Å²) in [6.07, 6.45) is 0.404. The van der Waals surface area contributed by atoms with Crippen LogP contribution in [0.2, 0.25) is 0 Å². The SMILES string of the molecule is CCC(OC(=O)c1ccccc1)C(Cc1ccccc1)C(C)OC(=O)c1ccccc1. The maximum absolute atomic E-state index is 12.7. The molecular formula is C27H28O4. The van der Waals surface area contributed by atoms with Crippen LogP contribution in [0.3, 0.4) is 0 Å². The summed E-state index contributed by atoms with van der Waals surface area (Å²) in [6, 6.07) is 27.9. The fourth-order valence-electron chi connectivity index (χ4n) is 3.64. The Balaban J connectivity index is 1.79. The van der Waals surface area contributed by atoms with Crippen molar-refractivity contribution in [3.63, 3.8) is 0 Å². The average Bonchev–Trinajstić information content (AvgIpc) is 2.82. The summed E-state index contributed by atoms with van der Waals surface area (Å²) < 4.78 is 11.7. The first-order chi connectivity index (χ1) is 15.1. The van der Waals surface area contributed by atoms with E-state index in [0.717, 1.165) is 5.56 Å². The summed E-state index contributed by atoms with van der Waals surface area (Å²) >= 11 is 0. The zero-order valence-electron chi connectivity index (χ0n) is 17.9. The van der Waals surface area contributed by atoms with Gasteiger partial charge in [-0.15, -0.1) is 0 Å². The molecule has 0 amide bonds. The average molecular weight is 417 g/mol. The van der Waals surface area contributed by atoms with Crippen LogP contribution < -0.4 is 0 Å². The highest BCUT2D eigenvalue weighted by Crippen LogP contribution is 2.25. The summed E-state index contributed by atoms with van der Waals surface area (Å²) in [5.41, 5.74) is 2.11. The van der Waals surface area contributed by atoms with Crippen LogP contribution in [0.5, 0.6) is 0 Å². The second-order valence-electron chi connectivity index (χ2n) is 7.55. The van der Waals surface area contributed by atoms with Crippen molar-refractivity contribution < 1.29 is 19.1 Å². The van der Waals surface area contributed by atoms with Crippen molar-refractivity contribution in [2.75, 3.05) is 0 Å². The van der Waals surface area contributed by atoms with E-state index < -0.39 is 12.2 Å². The Kier molecular flexibility index (Phi) is 7.99. The third kappa shape index (κ3) is 6.29. The van der Waals surface area contributed by atoms with Gasteiger partial charge in [-0.2, -0.15) is 0 Å². The second kappa shape index (κ2) is 11.1. The first-order valence-electron chi connectivity index (χ1n) is 10.6. The van der Waals surface area contributed by atoms with Crippen LogP contribution in [-0.4, -0.2) is 24.1 Å². The van der Waals surface area contributed by atoms with Gasteiger partial charge in [0.1, 0.15) is 12.2 Å². The molecule has 3 atom stereocenters. The molecule has 3 aromatic rings. The van der Waals surface area contributed by atoms with Crippen LogP contribution in [-0.2, 0) is 15.9 Å². The summed E-state index contributed by atoms with van der Waals surface area (Å²) in [7, 11) is 0. The molecule has 0 saturated carbocycles. The molecule has 4 heteroatoms. The van der Waals surface area contributed by atoms with Crippen LogP contribution in [0, 0.1) is 5.92 Å². The van der Waals surface area contributed by atoms with E-state index in [-0.39, 0.29) is 17.9 Å². The minimum atomic E-state index is -0.443. The summed E-state index contributed by atoms with van der Waals surface area (Å²) in [4.78, 5) is 25.3. The lowest BCUT2D eigenvalue weighted by Crippen LogP contribution is -2.37. The van der Waals surface area contributed by atoms with Gasteiger partial charge in [0.2, 0.25) is 0 Å². The monoisotopic (exact) mass is 416 g/mol. The maximum atomic E-state index is 12.7. The van der Waals surface area contributed by atoms with Crippen molar-refractivity contribution in [2.45, 2.75) is 38.9 Å². The van der Waals surface area contributed by atoms with Crippen molar-refractivity contribution in [3.8, 4) is 0 Å². The van der Waals surface area contributed by atoms with Crippen LogP contribution in [0.15, 0.2) is 91.0 Å². The topological polar surface area (TPSA) is 52.6 Å². The number of ether oxygens (including phenoxy) is 2. The minimum Gasteiger partial charge on any atom is -0.459 e. The molecule has 0 fully saturated rings. The van der Waals surface area contributed by atoms with E-state index in [1.807, 2.05) is 68.4 Å². The lowest BCUT2D eigenvalue weighted by atomic mass is 9.88. The highest BCUT2D eigenvalue weighted by atomic mass is 16.6. The van der Waals surface area contributed by atoms with Gasteiger partial charge in [0.05, 0.1) is 11.1 Å². The van der Waals surface area contributed by atoms with Crippen LogP contribution >= 0.6 is 0 Å². The lowest BCUT2D eigenvalue weighted by Gasteiger charge is -2.31. The number of esters is 2. The van der Waals surface area contributed by atoms with Crippen molar-refractivity contribution in [1.82, 2.24) is 0 Å². The number of carbonyl (C=O) groups is 2. The van der Waals surface area contributed by atoms with E-state index in [1.54, 1.807) is 36.4 Å². The molecule has 0 heterocycles. The van der Waals surface area contributed by atoms with Crippen LogP contribution in [0.25, 0.3) is 0 Å². The second-order valence-corrected chi connectivity index (χ2v) is 7.55. The Labute approximate surface area is 183 Å². The fraction of sp³-hybridized carbons (Fsp3) is 0.259. The van der Waals surface area contributed by atoms with Gasteiger partial charge in [0, 0.05) is 5.92 Å². The van der Waals surface area contributed by atoms with Gasteiger partial charge in [-0.3, -0.25) is 0 Å². The maximum Gasteiger partial charge on any atom is 0.338 e.